The Morgan fingerprint density at radius 2 is 2.13 bits per heavy atom. The number of rotatable bonds is 2. The van der Waals surface area contributed by atoms with Crippen LogP contribution in [0.25, 0.3) is 0 Å². The maximum absolute atomic E-state index is 13.6. The Morgan fingerprint density at radius 3 is 2.60 bits per heavy atom. The molecular formula is C11H10BrFO2. The first-order chi connectivity index (χ1) is 6.97. The van der Waals surface area contributed by atoms with Gasteiger partial charge in [0.25, 0.3) is 0 Å². The first-order valence-electron chi connectivity index (χ1n) is 4.67. The SMILES string of the molecule is Cc1cc(C2(C(=O)O)CC2)c(F)cc1Br. The van der Waals surface area contributed by atoms with E-state index in [-0.39, 0.29) is 0 Å². The molecule has 0 heterocycles. The monoisotopic (exact) mass is 272 g/mol. The van der Waals surface area contributed by atoms with Crippen molar-refractivity contribution in [3.8, 4) is 0 Å². The van der Waals surface area contributed by atoms with E-state index in [1.54, 1.807) is 6.07 Å². The molecule has 1 aliphatic carbocycles. The van der Waals surface area contributed by atoms with Gasteiger partial charge in [0.2, 0.25) is 0 Å². The van der Waals surface area contributed by atoms with E-state index in [1.165, 1.54) is 6.07 Å². The van der Waals surface area contributed by atoms with Gasteiger partial charge in [-0.1, -0.05) is 22.0 Å². The van der Waals surface area contributed by atoms with E-state index in [0.29, 0.717) is 22.9 Å². The topological polar surface area (TPSA) is 37.3 Å². The summed E-state index contributed by atoms with van der Waals surface area (Å²) in [7, 11) is 0. The fourth-order valence-corrected chi connectivity index (χ4v) is 2.06. The summed E-state index contributed by atoms with van der Waals surface area (Å²) in [4.78, 5) is 11.1. The van der Waals surface area contributed by atoms with Crippen molar-refractivity contribution in [3.63, 3.8) is 0 Å². The summed E-state index contributed by atoms with van der Waals surface area (Å²) < 4.78 is 14.3. The first-order valence-corrected chi connectivity index (χ1v) is 5.46. The van der Waals surface area contributed by atoms with E-state index >= 15 is 0 Å². The molecule has 0 amide bonds. The number of carbonyl (C=O) groups is 1. The van der Waals surface area contributed by atoms with Crippen molar-refractivity contribution in [1.82, 2.24) is 0 Å². The summed E-state index contributed by atoms with van der Waals surface area (Å²) in [5.74, 6) is -1.37. The van der Waals surface area contributed by atoms with Gasteiger partial charge in [-0.2, -0.15) is 0 Å². The third kappa shape index (κ3) is 1.57. The molecule has 1 fully saturated rings. The van der Waals surface area contributed by atoms with Crippen molar-refractivity contribution in [2.24, 2.45) is 0 Å². The third-order valence-electron chi connectivity index (χ3n) is 2.92. The molecule has 1 aromatic carbocycles. The zero-order chi connectivity index (χ0) is 11.2. The summed E-state index contributed by atoms with van der Waals surface area (Å²) in [6, 6.07) is 2.97. The van der Waals surface area contributed by atoms with E-state index in [9.17, 15) is 9.18 Å². The Morgan fingerprint density at radius 1 is 1.53 bits per heavy atom. The predicted octanol–water partition coefficient (Wildman–Crippen LogP) is 3.01. The van der Waals surface area contributed by atoms with Crippen LogP contribution in [0.5, 0.6) is 0 Å². The highest BCUT2D eigenvalue weighted by Crippen LogP contribution is 2.49. The van der Waals surface area contributed by atoms with Gasteiger partial charge in [0.05, 0.1) is 5.41 Å². The molecule has 4 heteroatoms. The molecule has 2 rings (SSSR count). The van der Waals surface area contributed by atoms with Crippen LogP contribution in [0.1, 0.15) is 24.0 Å². The van der Waals surface area contributed by atoms with Crippen molar-refractivity contribution >= 4 is 21.9 Å². The minimum atomic E-state index is -0.963. The normalized spacial score (nSPS) is 17.5. The standard InChI is InChI=1S/C11H10BrFO2/c1-6-4-7(9(13)5-8(6)12)11(2-3-11)10(14)15/h4-5H,2-3H2,1H3,(H,14,15). The average Bonchev–Trinajstić information content (AvgIpc) is 2.92. The summed E-state index contributed by atoms with van der Waals surface area (Å²) in [6.45, 7) is 1.82. The van der Waals surface area contributed by atoms with Gasteiger partial charge < -0.3 is 5.11 Å². The van der Waals surface area contributed by atoms with Gasteiger partial charge in [0.1, 0.15) is 5.82 Å². The zero-order valence-corrected chi connectivity index (χ0v) is 9.77. The first kappa shape index (κ1) is 10.6. The van der Waals surface area contributed by atoms with Crippen molar-refractivity contribution < 1.29 is 14.3 Å². The number of halogens is 2. The van der Waals surface area contributed by atoms with Gasteiger partial charge in [-0.15, -0.1) is 0 Å². The lowest BCUT2D eigenvalue weighted by molar-refractivity contribution is -0.140. The molecule has 1 saturated carbocycles. The number of hydrogen-bond donors (Lipinski definition) is 1. The van der Waals surface area contributed by atoms with Gasteiger partial charge in [-0.05, 0) is 31.4 Å². The fourth-order valence-electron chi connectivity index (χ4n) is 1.75. The number of carboxylic acids is 1. The third-order valence-corrected chi connectivity index (χ3v) is 3.78. The molecule has 2 nitrogen and oxygen atoms in total. The average molecular weight is 273 g/mol. The molecule has 1 N–H and O–H groups in total. The Labute approximate surface area is 95.2 Å². The van der Waals surface area contributed by atoms with Crippen LogP contribution < -0.4 is 0 Å². The molecular weight excluding hydrogens is 263 g/mol. The van der Waals surface area contributed by atoms with Crippen LogP contribution in [0.2, 0.25) is 0 Å². The summed E-state index contributed by atoms with van der Waals surface area (Å²) in [5.41, 5.74) is 0.213. The second-order valence-corrected chi connectivity index (χ2v) is 4.82. The molecule has 80 valence electrons. The molecule has 0 aliphatic heterocycles. The zero-order valence-electron chi connectivity index (χ0n) is 8.18. The number of aliphatic carboxylic acids is 1. The Kier molecular flexibility index (Phi) is 2.34. The van der Waals surface area contributed by atoms with Crippen molar-refractivity contribution in [2.45, 2.75) is 25.2 Å². The predicted molar refractivity (Wildman–Crippen MR) is 57.4 cm³/mol. The number of benzene rings is 1. The van der Waals surface area contributed by atoms with Gasteiger partial charge in [-0.3, -0.25) is 4.79 Å². The summed E-state index contributed by atoms with van der Waals surface area (Å²) in [5, 5.41) is 9.06. The van der Waals surface area contributed by atoms with Crippen molar-refractivity contribution in [3.05, 3.63) is 33.5 Å². The Balaban J connectivity index is 2.54. The largest absolute Gasteiger partial charge is 0.481 e. The lowest BCUT2D eigenvalue weighted by Gasteiger charge is -2.12. The van der Waals surface area contributed by atoms with Crippen molar-refractivity contribution in [1.29, 1.82) is 0 Å². The van der Waals surface area contributed by atoms with Gasteiger partial charge in [0, 0.05) is 10.0 Å². The van der Waals surface area contributed by atoms with Crippen LogP contribution in [-0.4, -0.2) is 11.1 Å². The van der Waals surface area contributed by atoms with Crippen LogP contribution in [0.4, 0.5) is 4.39 Å². The molecule has 0 atom stereocenters. The number of carboxylic acid groups (broad SMARTS) is 1. The maximum atomic E-state index is 13.6. The minimum absolute atomic E-state index is 0.315. The van der Waals surface area contributed by atoms with Gasteiger partial charge in [0.15, 0.2) is 0 Å². The van der Waals surface area contributed by atoms with E-state index < -0.39 is 17.2 Å². The highest BCUT2D eigenvalue weighted by Gasteiger charge is 2.53. The van der Waals surface area contributed by atoms with Gasteiger partial charge in [-0.25, -0.2) is 4.39 Å². The Bertz CT molecular complexity index is 438. The molecule has 0 saturated heterocycles. The molecule has 1 aromatic rings. The lowest BCUT2D eigenvalue weighted by Crippen LogP contribution is -2.21. The quantitative estimate of drug-likeness (QED) is 0.899. The van der Waals surface area contributed by atoms with Crippen LogP contribution in [0, 0.1) is 12.7 Å². The van der Waals surface area contributed by atoms with E-state index in [0.717, 1.165) is 5.56 Å². The van der Waals surface area contributed by atoms with Gasteiger partial charge >= 0.3 is 5.97 Å². The highest BCUT2D eigenvalue weighted by atomic mass is 79.9. The minimum Gasteiger partial charge on any atom is -0.481 e. The molecule has 0 bridgehead atoms. The van der Waals surface area contributed by atoms with Crippen LogP contribution in [-0.2, 0) is 10.2 Å². The second-order valence-electron chi connectivity index (χ2n) is 3.97. The second kappa shape index (κ2) is 3.30. The summed E-state index contributed by atoms with van der Waals surface area (Å²) in [6.07, 6.45) is 1.06. The number of aryl methyl sites for hydroxylation is 1. The van der Waals surface area contributed by atoms with Crippen LogP contribution >= 0.6 is 15.9 Å². The molecule has 0 unspecified atom stereocenters. The van der Waals surface area contributed by atoms with Crippen LogP contribution in [0.15, 0.2) is 16.6 Å². The van der Waals surface area contributed by atoms with Crippen LogP contribution in [0.3, 0.4) is 0 Å². The lowest BCUT2D eigenvalue weighted by atomic mass is 9.94. The van der Waals surface area contributed by atoms with Crippen molar-refractivity contribution in [2.75, 3.05) is 0 Å². The van der Waals surface area contributed by atoms with E-state index in [2.05, 4.69) is 15.9 Å². The molecule has 0 spiro atoms. The fraction of sp³-hybridized carbons (Fsp3) is 0.364. The molecule has 0 aromatic heterocycles. The maximum Gasteiger partial charge on any atom is 0.314 e. The van der Waals surface area contributed by atoms with E-state index in [1.807, 2.05) is 6.92 Å². The Hall–Kier alpha value is -0.900. The van der Waals surface area contributed by atoms with E-state index in [4.69, 9.17) is 5.11 Å². The highest BCUT2D eigenvalue weighted by molar-refractivity contribution is 9.10. The summed E-state index contributed by atoms with van der Waals surface area (Å²) >= 11 is 3.22. The molecule has 0 radical (unpaired) electrons. The molecule has 15 heavy (non-hydrogen) atoms. The molecule has 1 aliphatic rings. The smallest absolute Gasteiger partial charge is 0.314 e. The number of hydrogen-bond acceptors (Lipinski definition) is 1.